The van der Waals surface area contributed by atoms with E-state index in [4.69, 9.17) is 0 Å². The molecule has 0 aromatic carbocycles. The summed E-state index contributed by atoms with van der Waals surface area (Å²) in [4.78, 5) is 2.81. The van der Waals surface area contributed by atoms with E-state index in [2.05, 4.69) is 44.8 Å². The molecule has 0 aromatic heterocycles. The maximum Gasteiger partial charge on any atom is 0.0274 e. The molecule has 0 radical (unpaired) electrons. The molecule has 2 atom stereocenters. The van der Waals surface area contributed by atoms with Crippen molar-refractivity contribution in [2.45, 2.75) is 84.8 Å². The van der Waals surface area contributed by atoms with Crippen molar-refractivity contribution in [1.82, 2.24) is 10.2 Å². The second-order valence-corrected chi connectivity index (χ2v) is 7.72. The van der Waals surface area contributed by atoms with E-state index in [0.717, 1.165) is 18.5 Å². The number of hydrogen-bond donors (Lipinski definition) is 1. The zero-order valence-electron chi connectivity index (χ0n) is 13.7. The van der Waals surface area contributed by atoms with Crippen LogP contribution in [0.25, 0.3) is 0 Å². The first-order valence-electron chi connectivity index (χ1n) is 8.45. The predicted molar refractivity (Wildman–Crippen MR) is 83.5 cm³/mol. The molecule has 2 aliphatic carbocycles. The summed E-state index contributed by atoms with van der Waals surface area (Å²) in [7, 11) is 0. The van der Waals surface area contributed by atoms with E-state index < -0.39 is 0 Å². The number of rotatable bonds is 6. The molecule has 0 heterocycles. The smallest absolute Gasteiger partial charge is 0.0274 e. The van der Waals surface area contributed by atoms with Gasteiger partial charge in [-0.2, -0.15) is 0 Å². The highest BCUT2D eigenvalue weighted by Gasteiger charge is 2.42. The third-order valence-corrected chi connectivity index (χ3v) is 5.23. The fourth-order valence-corrected chi connectivity index (χ4v) is 3.93. The molecule has 1 N–H and O–H groups in total. The monoisotopic (exact) mass is 266 g/mol. The molecule has 112 valence electrons. The van der Waals surface area contributed by atoms with Crippen LogP contribution < -0.4 is 5.32 Å². The third kappa shape index (κ3) is 3.72. The molecule has 2 aliphatic rings. The van der Waals surface area contributed by atoms with E-state index in [0.29, 0.717) is 17.5 Å². The Labute approximate surface area is 120 Å². The fourth-order valence-electron chi connectivity index (χ4n) is 3.93. The van der Waals surface area contributed by atoms with Gasteiger partial charge in [0.25, 0.3) is 0 Å². The lowest BCUT2D eigenvalue weighted by atomic mass is 9.70. The van der Waals surface area contributed by atoms with Crippen LogP contribution in [0.3, 0.4) is 0 Å². The number of nitrogens with one attached hydrogen (secondary N) is 1. The summed E-state index contributed by atoms with van der Waals surface area (Å²) in [5.41, 5.74) is 0.440. The quantitative estimate of drug-likeness (QED) is 0.789. The van der Waals surface area contributed by atoms with Crippen LogP contribution in [0.15, 0.2) is 0 Å². The molecule has 0 aliphatic heterocycles. The van der Waals surface area contributed by atoms with E-state index >= 15 is 0 Å². The van der Waals surface area contributed by atoms with Crippen molar-refractivity contribution < 1.29 is 0 Å². The average molecular weight is 266 g/mol. The molecule has 2 unspecified atom stereocenters. The van der Waals surface area contributed by atoms with Crippen LogP contribution in [0, 0.1) is 11.3 Å². The largest absolute Gasteiger partial charge is 0.312 e. The maximum absolute atomic E-state index is 3.81. The van der Waals surface area contributed by atoms with Gasteiger partial charge in [0.2, 0.25) is 0 Å². The van der Waals surface area contributed by atoms with E-state index in [1.165, 1.54) is 38.6 Å². The third-order valence-electron chi connectivity index (χ3n) is 5.23. The second kappa shape index (κ2) is 6.13. The van der Waals surface area contributed by atoms with E-state index in [9.17, 15) is 0 Å². The van der Waals surface area contributed by atoms with Crippen LogP contribution in [-0.4, -0.2) is 36.1 Å². The Morgan fingerprint density at radius 1 is 1.21 bits per heavy atom. The minimum atomic E-state index is 0.440. The first-order valence-corrected chi connectivity index (χ1v) is 8.45. The van der Waals surface area contributed by atoms with Gasteiger partial charge in [-0.3, -0.25) is 4.90 Å². The van der Waals surface area contributed by atoms with Crippen molar-refractivity contribution >= 4 is 0 Å². The van der Waals surface area contributed by atoms with Gasteiger partial charge >= 0.3 is 0 Å². The van der Waals surface area contributed by atoms with Gasteiger partial charge in [0.15, 0.2) is 0 Å². The lowest BCUT2D eigenvalue weighted by molar-refractivity contribution is 0.0287. The molecular formula is C17H34N2. The molecular weight excluding hydrogens is 232 g/mol. The van der Waals surface area contributed by atoms with Gasteiger partial charge in [0, 0.05) is 24.7 Å². The van der Waals surface area contributed by atoms with Crippen LogP contribution in [0.5, 0.6) is 0 Å². The molecule has 0 saturated heterocycles. The molecule has 0 aromatic rings. The van der Waals surface area contributed by atoms with Gasteiger partial charge in [-0.15, -0.1) is 0 Å². The van der Waals surface area contributed by atoms with Crippen LogP contribution >= 0.6 is 0 Å². The van der Waals surface area contributed by atoms with Crippen LogP contribution in [0.2, 0.25) is 0 Å². The highest BCUT2D eigenvalue weighted by atomic mass is 15.2. The standard InChI is InChI=1S/C17H34N2/c1-6-18-16-15(8-7-11-17(16,4)5)19(13(2)3)12-14-9-10-14/h13-16,18H,6-12H2,1-5H3. The van der Waals surface area contributed by atoms with E-state index in [-0.39, 0.29) is 0 Å². The van der Waals surface area contributed by atoms with Crippen LogP contribution in [0.1, 0.15) is 66.7 Å². The van der Waals surface area contributed by atoms with Crippen molar-refractivity contribution in [3.8, 4) is 0 Å². The van der Waals surface area contributed by atoms with Crippen molar-refractivity contribution in [2.75, 3.05) is 13.1 Å². The van der Waals surface area contributed by atoms with Gasteiger partial charge in [-0.25, -0.2) is 0 Å². The molecule has 2 rings (SSSR count). The molecule has 19 heavy (non-hydrogen) atoms. The maximum atomic E-state index is 3.81. The van der Waals surface area contributed by atoms with E-state index in [1.54, 1.807) is 0 Å². The number of hydrogen-bond acceptors (Lipinski definition) is 2. The summed E-state index contributed by atoms with van der Waals surface area (Å²) in [6, 6.07) is 2.08. The molecule has 0 bridgehead atoms. The molecule has 2 nitrogen and oxygen atoms in total. The Bertz CT molecular complexity index is 281. The minimum Gasteiger partial charge on any atom is -0.312 e. The number of likely N-dealkylation sites (N-methyl/N-ethyl adjacent to an activating group) is 1. The first kappa shape index (κ1) is 15.3. The van der Waals surface area contributed by atoms with Crippen LogP contribution in [-0.2, 0) is 0 Å². The highest BCUT2D eigenvalue weighted by molar-refractivity contribution is 4.99. The van der Waals surface area contributed by atoms with E-state index in [1.807, 2.05) is 0 Å². The average Bonchev–Trinajstić information content (AvgIpc) is 3.12. The Kier molecular flexibility index (Phi) is 4.94. The summed E-state index contributed by atoms with van der Waals surface area (Å²) in [6.45, 7) is 14.4. The second-order valence-electron chi connectivity index (χ2n) is 7.72. The first-order chi connectivity index (χ1) is 8.95. The molecule has 0 amide bonds. The van der Waals surface area contributed by atoms with Gasteiger partial charge < -0.3 is 5.32 Å². The summed E-state index contributed by atoms with van der Waals surface area (Å²) in [6.07, 6.45) is 7.08. The zero-order valence-corrected chi connectivity index (χ0v) is 13.7. The van der Waals surface area contributed by atoms with Crippen molar-refractivity contribution in [3.05, 3.63) is 0 Å². The summed E-state index contributed by atoms with van der Waals surface area (Å²) in [5.74, 6) is 0.995. The van der Waals surface area contributed by atoms with Gasteiger partial charge in [0.1, 0.15) is 0 Å². The Hall–Kier alpha value is -0.0800. The molecule has 2 fully saturated rings. The van der Waals surface area contributed by atoms with Gasteiger partial charge in [-0.1, -0.05) is 27.2 Å². The zero-order chi connectivity index (χ0) is 14.0. The highest BCUT2D eigenvalue weighted by Crippen LogP contribution is 2.40. The fraction of sp³-hybridized carbons (Fsp3) is 1.00. The number of nitrogens with zero attached hydrogens (tertiary/aromatic N) is 1. The Balaban J connectivity index is 2.11. The van der Waals surface area contributed by atoms with Gasteiger partial charge in [0.05, 0.1) is 0 Å². The summed E-state index contributed by atoms with van der Waals surface area (Å²) < 4.78 is 0. The van der Waals surface area contributed by atoms with Crippen molar-refractivity contribution in [2.24, 2.45) is 11.3 Å². The van der Waals surface area contributed by atoms with Crippen LogP contribution in [0.4, 0.5) is 0 Å². The predicted octanol–water partition coefficient (Wildman–Crippen LogP) is 3.66. The summed E-state index contributed by atoms with van der Waals surface area (Å²) in [5, 5.41) is 3.81. The molecule has 2 saturated carbocycles. The lowest BCUT2D eigenvalue weighted by Gasteiger charge is -2.50. The SMILES string of the molecule is CCNC1C(N(CC2CC2)C(C)C)CCCC1(C)C. The normalized spacial score (nSPS) is 31.1. The summed E-state index contributed by atoms with van der Waals surface area (Å²) >= 11 is 0. The van der Waals surface area contributed by atoms with Crippen molar-refractivity contribution in [1.29, 1.82) is 0 Å². The lowest BCUT2D eigenvalue weighted by Crippen LogP contribution is -2.60. The minimum absolute atomic E-state index is 0.440. The molecule has 0 spiro atoms. The van der Waals surface area contributed by atoms with Crippen molar-refractivity contribution in [3.63, 3.8) is 0 Å². The Morgan fingerprint density at radius 2 is 1.89 bits per heavy atom. The Morgan fingerprint density at radius 3 is 2.42 bits per heavy atom. The topological polar surface area (TPSA) is 15.3 Å². The van der Waals surface area contributed by atoms with Gasteiger partial charge in [-0.05, 0) is 57.4 Å². The molecule has 2 heteroatoms.